The van der Waals surface area contributed by atoms with E-state index >= 15 is 0 Å². The van der Waals surface area contributed by atoms with Crippen LogP contribution in [0.15, 0.2) is 22.8 Å². The van der Waals surface area contributed by atoms with Crippen molar-refractivity contribution in [2.75, 3.05) is 18.5 Å². The molecule has 0 aliphatic heterocycles. The third-order valence-electron chi connectivity index (χ3n) is 2.92. The maximum atomic E-state index is 12.5. The second-order valence-electron chi connectivity index (χ2n) is 6.17. The Balaban J connectivity index is 2.21. The van der Waals surface area contributed by atoms with E-state index in [4.69, 9.17) is 13.9 Å². The van der Waals surface area contributed by atoms with Crippen LogP contribution < -0.4 is 5.32 Å². The van der Waals surface area contributed by atoms with Gasteiger partial charge in [0.15, 0.2) is 16.7 Å². The minimum atomic E-state index is -0.624. The summed E-state index contributed by atoms with van der Waals surface area (Å²) >= 11 is 1.09. The van der Waals surface area contributed by atoms with Gasteiger partial charge in [0.25, 0.3) is 0 Å². The van der Waals surface area contributed by atoms with Crippen LogP contribution in [0.25, 0.3) is 11.5 Å². The van der Waals surface area contributed by atoms with Crippen LogP contribution >= 0.6 is 11.3 Å². The van der Waals surface area contributed by atoms with Crippen molar-refractivity contribution in [3.05, 3.63) is 23.3 Å². The predicted molar refractivity (Wildman–Crippen MR) is 95.1 cm³/mol. The molecule has 2 rings (SSSR count). The first-order chi connectivity index (χ1) is 11.8. The van der Waals surface area contributed by atoms with Gasteiger partial charge >= 0.3 is 6.09 Å². The van der Waals surface area contributed by atoms with Crippen LogP contribution in [-0.4, -0.2) is 35.7 Å². The summed E-state index contributed by atoms with van der Waals surface area (Å²) in [6.45, 7) is 8.06. The smallest absolute Gasteiger partial charge is 0.413 e. The van der Waals surface area contributed by atoms with Crippen molar-refractivity contribution < 1.29 is 23.5 Å². The van der Waals surface area contributed by atoms with Crippen LogP contribution in [0, 0.1) is 0 Å². The monoisotopic (exact) mass is 366 g/mol. The van der Waals surface area contributed by atoms with Gasteiger partial charge in [0.05, 0.1) is 12.9 Å². The Morgan fingerprint density at radius 3 is 2.72 bits per heavy atom. The summed E-state index contributed by atoms with van der Waals surface area (Å²) in [6, 6.07) is 3.43. The number of amides is 1. The fourth-order valence-corrected chi connectivity index (χ4v) is 2.88. The number of carbonyl (C=O) groups is 2. The van der Waals surface area contributed by atoms with Crippen LogP contribution in [0.2, 0.25) is 0 Å². The number of rotatable bonds is 7. The molecule has 2 aromatic rings. The highest BCUT2D eigenvalue weighted by molar-refractivity contribution is 7.18. The van der Waals surface area contributed by atoms with Gasteiger partial charge in [-0.2, -0.15) is 0 Å². The SMILES string of the molecule is CCOCCC(=O)c1sc(NC(=O)OC(C)(C)C)nc1-c1ccco1. The van der Waals surface area contributed by atoms with E-state index in [0.717, 1.165) is 11.3 Å². The molecule has 0 unspecified atom stereocenters. The molecule has 25 heavy (non-hydrogen) atoms. The Bertz CT molecular complexity index is 716. The zero-order valence-electron chi connectivity index (χ0n) is 14.8. The van der Waals surface area contributed by atoms with Crippen LogP contribution in [0.5, 0.6) is 0 Å². The first kappa shape index (κ1) is 19.1. The summed E-state index contributed by atoms with van der Waals surface area (Å²) in [5.74, 6) is 0.350. The van der Waals surface area contributed by atoms with Crippen molar-refractivity contribution in [3.8, 4) is 11.5 Å². The number of nitrogens with zero attached hydrogens (tertiary/aromatic N) is 1. The molecule has 1 amide bonds. The predicted octanol–water partition coefficient (Wildman–Crippen LogP) is 4.36. The summed E-state index contributed by atoms with van der Waals surface area (Å²) in [5.41, 5.74) is -0.219. The first-order valence-corrected chi connectivity index (χ1v) is 8.77. The second-order valence-corrected chi connectivity index (χ2v) is 7.17. The van der Waals surface area contributed by atoms with Gasteiger partial charge in [-0.05, 0) is 39.8 Å². The average Bonchev–Trinajstić information content (AvgIpc) is 3.14. The molecule has 1 N–H and O–H groups in total. The lowest BCUT2D eigenvalue weighted by Gasteiger charge is -2.18. The molecule has 0 fully saturated rings. The lowest BCUT2D eigenvalue weighted by atomic mass is 10.2. The summed E-state index contributed by atoms with van der Waals surface area (Å²) in [7, 11) is 0. The first-order valence-electron chi connectivity index (χ1n) is 7.96. The lowest BCUT2D eigenvalue weighted by Crippen LogP contribution is -2.27. The molecule has 2 heterocycles. The van der Waals surface area contributed by atoms with Gasteiger partial charge in [-0.25, -0.2) is 9.78 Å². The number of aromatic nitrogens is 1. The average molecular weight is 366 g/mol. The van der Waals surface area contributed by atoms with Gasteiger partial charge < -0.3 is 13.9 Å². The number of hydrogen-bond acceptors (Lipinski definition) is 7. The molecule has 0 saturated heterocycles. The molecule has 0 atom stereocenters. The Morgan fingerprint density at radius 1 is 1.36 bits per heavy atom. The molecule has 2 aromatic heterocycles. The van der Waals surface area contributed by atoms with E-state index in [2.05, 4.69) is 10.3 Å². The maximum Gasteiger partial charge on any atom is 0.413 e. The van der Waals surface area contributed by atoms with E-state index in [-0.39, 0.29) is 17.3 Å². The fraction of sp³-hybridized carbons (Fsp3) is 0.471. The van der Waals surface area contributed by atoms with Gasteiger partial charge in [0, 0.05) is 13.0 Å². The Labute approximate surface area is 150 Å². The topological polar surface area (TPSA) is 90.7 Å². The van der Waals surface area contributed by atoms with Gasteiger partial charge in [0.2, 0.25) is 0 Å². The van der Waals surface area contributed by atoms with Gasteiger partial charge in [-0.3, -0.25) is 10.1 Å². The third kappa shape index (κ3) is 5.68. The number of carbonyl (C=O) groups excluding carboxylic acids is 2. The number of ketones is 1. The van der Waals surface area contributed by atoms with E-state index in [1.807, 2.05) is 6.92 Å². The largest absolute Gasteiger partial charge is 0.463 e. The number of thiazole rings is 1. The molecule has 0 bridgehead atoms. The van der Waals surface area contributed by atoms with Gasteiger partial charge in [-0.15, -0.1) is 0 Å². The van der Waals surface area contributed by atoms with Crippen LogP contribution in [0.3, 0.4) is 0 Å². The standard InChI is InChI=1S/C17H22N2O5S/c1-5-22-10-8-11(20)14-13(12-7-6-9-23-12)18-15(25-14)19-16(21)24-17(2,3)4/h6-7,9H,5,8,10H2,1-4H3,(H,18,19,21). The molecule has 0 aliphatic carbocycles. The summed E-state index contributed by atoms with van der Waals surface area (Å²) in [5, 5.41) is 2.84. The number of nitrogens with one attached hydrogen (secondary N) is 1. The van der Waals surface area contributed by atoms with E-state index < -0.39 is 11.7 Å². The van der Waals surface area contributed by atoms with Crippen LogP contribution in [0.1, 0.15) is 43.8 Å². The minimum absolute atomic E-state index is 0.116. The zero-order chi connectivity index (χ0) is 18.4. The molecule has 136 valence electrons. The van der Waals surface area contributed by atoms with E-state index in [1.165, 1.54) is 6.26 Å². The van der Waals surface area contributed by atoms with E-state index in [0.29, 0.717) is 29.5 Å². The molecule has 0 aliphatic rings. The number of anilines is 1. The Kier molecular flexibility index (Phi) is 6.33. The number of hydrogen-bond donors (Lipinski definition) is 1. The highest BCUT2D eigenvalue weighted by Crippen LogP contribution is 2.32. The van der Waals surface area contributed by atoms with Gasteiger partial charge in [0.1, 0.15) is 16.2 Å². The Morgan fingerprint density at radius 2 is 2.12 bits per heavy atom. The number of ether oxygens (including phenoxy) is 2. The molecule has 7 nitrogen and oxygen atoms in total. The normalized spacial score (nSPS) is 11.4. The van der Waals surface area contributed by atoms with Crippen molar-refractivity contribution >= 4 is 28.3 Å². The van der Waals surface area contributed by atoms with Crippen LogP contribution in [-0.2, 0) is 9.47 Å². The Hall–Kier alpha value is -2.19. The highest BCUT2D eigenvalue weighted by atomic mass is 32.1. The summed E-state index contributed by atoms with van der Waals surface area (Å²) in [4.78, 5) is 29.1. The minimum Gasteiger partial charge on any atom is -0.463 e. The van der Waals surface area contributed by atoms with E-state index in [1.54, 1.807) is 32.9 Å². The maximum absolute atomic E-state index is 12.5. The molecule has 0 aromatic carbocycles. The fourth-order valence-electron chi connectivity index (χ4n) is 1.96. The van der Waals surface area contributed by atoms with Crippen molar-refractivity contribution in [3.63, 3.8) is 0 Å². The van der Waals surface area contributed by atoms with Crippen molar-refractivity contribution in [2.24, 2.45) is 0 Å². The van der Waals surface area contributed by atoms with Crippen molar-refractivity contribution in [2.45, 2.75) is 39.7 Å². The summed E-state index contributed by atoms with van der Waals surface area (Å²) < 4.78 is 15.8. The zero-order valence-corrected chi connectivity index (χ0v) is 15.6. The second kappa shape index (κ2) is 8.26. The number of furan rings is 1. The third-order valence-corrected chi connectivity index (χ3v) is 3.93. The quantitative estimate of drug-likeness (QED) is 0.578. The lowest BCUT2D eigenvalue weighted by molar-refractivity contribution is 0.0635. The highest BCUT2D eigenvalue weighted by Gasteiger charge is 2.23. The van der Waals surface area contributed by atoms with Gasteiger partial charge in [-0.1, -0.05) is 11.3 Å². The molecular formula is C17H22N2O5S. The van der Waals surface area contributed by atoms with Crippen molar-refractivity contribution in [1.82, 2.24) is 4.98 Å². The molecular weight excluding hydrogens is 344 g/mol. The summed E-state index contributed by atoms with van der Waals surface area (Å²) in [6.07, 6.45) is 1.11. The van der Waals surface area contributed by atoms with E-state index in [9.17, 15) is 9.59 Å². The van der Waals surface area contributed by atoms with Crippen LogP contribution in [0.4, 0.5) is 9.93 Å². The van der Waals surface area contributed by atoms with Crippen molar-refractivity contribution in [1.29, 1.82) is 0 Å². The molecule has 8 heteroatoms. The molecule has 0 radical (unpaired) electrons. The molecule has 0 saturated carbocycles. The molecule has 0 spiro atoms. The number of Topliss-reactive ketones (excluding diaryl/α,β-unsaturated/α-hetero) is 1.